The Morgan fingerprint density at radius 1 is 0.818 bits per heavy atom. The smallest absolute Gasteiger partial charge is 0.247 e. The number of hydrogen-bond acceptors (Lipinski definition) is 4. The number of rotatable bonds is 13. The van der Waals surface area contributed by atoms with Gasteiger partial charge in [0.1, 0.15) is 6.04 Å². The molecule has 0 spiro atoms. The van der Waals surface area contributed by atoms with Crippen LogP contribution in [0.3, 0.4) is 0 Å². The van der Waals surface area contributed by atoms with E-state index in [-0.39, 0.29) is 42.3 Å². The van der Waals surface area contributed by atoms with E-state index in [0.717, 1.165) is 29.5 Å². The lowest BCUT2D eigenvalue weighted by atomic mass is 10.0. The summed E-state index contributed by atoms with van der Waals surface area (Å²) in [6.45, 7) is 0.384. The SMILES string of the molecule is O=C(NCc1ccccc1Cl)[C@@H](c1ccccc1)N(Cc1ccc(Cl)cc1)C(=O)CCc1ccc(S(=O)(=O)NC2CC2)cc1. The molecule has 1 saturated carbocycles. The summed E-state index contributed by atoms with van der Waals surface area (Å²) in [5.41, 5.74) is 3.07. The van der Waals surface area contributed by atoms with Gasteiger partial charge in [-0.05, 0) is 71.8 Å². The van der Waals surface area contributed by atoms with E-state index in [1.165, 1.54) is 0 Å². The number of nitrogens with zero attached hydrogens (tertiary/aromatic N) is 1. The Bertz CT molecular complexity index is 1700. The number of halogens is 2. The van der Waals surface area contributed by atoms with Crippen molar-refractivity contribution in [2.24, 2.45) is 0 Å². The van der Waals surface area contributed by atoms with E-state index < -0.39 is 16.1 Å². The number of nitrogens with one attached hydrogen (secondary N) is 2. The van der Waals surface area contributed by atoms with Crippen molar-refractivity contribution in [3.05, 3.63) is 135 Å². The quantitative estimate of drug-likeness (QED) is 0.174. The molecule has 1 aliphatic rings. The molecule has 0 bridgehead atoms. The molecular formula is C34H33Cl2N3O4S. The van der Waals surface area contributed by atoms with Crippen molar-refractivity contribution in [1.82, 2.24) is 14.9 Å². The van der Waals surface area contributed by atoms with Crippen LogP contribution in [0.4, 0.5) is 0 Å². The van der Waals surface area contributed by atoms with Crippen LogP contribution in [-0.4, -0.2) is 31.2 Å². The fourth-order valence-corrected chi connectivity index (χ4v) is 6.49. The fraction of sp³-hybridized carbons (Fsp3) is 0.235. The third kappa shape index (κ3) is 8.48. The number of amides is 2. The highest BCUT2D eigenvalue weighted by atomic mass is 35.5. The number of hydrogen-bond donors (Lipinski definition) is 2. The van der Waals surface area contributed by atoms with Crippen LogP contribution in [0.15, 0.2) is 108 Å². The van der Waals surface area contributed by atoms with Crippen molar-refractivity contribution in [3.8, 4) is 0 Å². The molecule has 5 rings (SSSR count). The minimum atomic E-state index is -3.56. The van der Waals surface area contributed by atoms with Crippen LogP contribution in [0.25, 0.3) is 0 Å². The predicted molar refractivity (Wildman–Crippen MR) is 173 cm³/mol. The van der Waals surface area contributed by atoms with Crippen molar-refractivity contribution in [2.45, 2.75) is 55.8 Å². The Balaban J connectivity index is 1.38. The number of benzene rings is 4. The Kier molecular flexibility index (Phi) is 10.4. The summed E-state index contributed by atoms with van der Waals surface area (Å²) in [4.78, 5) is 29.6. The highest BCUT2D eigenvalue weighted by Crippen LogP contribution is 2.27. The van der Waals surface area contributed by atoms with Gasteiger partial charge in [0, 0.05) is 35.6 Å². The summed E-state index contributed by atoms with van der Waals surface area (Å²) in [5.74, 6) is -0.565. The topological polar surface area (TPSA) is 95.6 Å². The zero-order valence-corrected chi connectivity index (χ0v) is 26.3. The standard InChI is InChI=1S/C34H33Cl2N3O4S/c35-28-15-10-25(11-16-28)23-39(32(40)21-14-24-12-19-30(20-13-24)44(42,43)38-29-17-18-29)33(26-6-2-1-3-7-26)34(41)37-22-27-8-4-5-9-31(27)36/h1-13,15-16,19-20,29,33,38H,14,17-18,21-23H2,(H,37,41)/t33-/m1/s1. The lowest BCUT2D eigenvalue weighted by Gasteiger charge is -2.32. The maximum Gasteiger partial charge on any atom is 0.247 e. The maximum absolute atomic E-state index is 14.0. The molecule has 1 atom stereocenters. The summed E-state index contributed by atoms with van der Waals surface area (Å²) in [6, 6.07) is 29.3. The number of carbonyl (C=O) groups excluding carboxylic acids is 2. The Morgan fingerprint density at radius 2 is 1.45 bits per heavy atom. The average Bonchev–Trinajstić information content (AvgIpc) is 3.84. The molecule has 44 heavy (non-hydrogen) atoms. The molecule has 10 heteroatoms. The van der Waals surface area contributed by atoms with Crippen LogP contribution in [-0.2, 0) is 39.1 Å². The molecule has 2 amide bonds. The van der Waals surface area contributed by atoms with Gasteiger partial charge < -0.3 is 10.2 Å². The minimum absolute atomic E-state index is 0.0170. The van der Waals surface area contributed by atoms with Crippen LogP contribution in [0.5, 0.6) is 0 Å². The largest absolute Gasteiger partial charge is 0.350 e. The second-order valence-corrected chi connectivity index (χ2v) is 13.4. The van der Waals surface area contributed by atoms with Crippen LogP contribution in [0.1, 0.15) is 47.6 Å². The van der Waals surface area contributed by atoms with Crippen molar-refractivity contribution in [1.29, 1.82) is 0 Å². The first-order valence-electron chi connectivity index (χ1n) is 14.4. The van der Waals surface area contributed by atoms with E-state index in [4.69, 9.17) is 23.2 Å². The molecule has 2 N–H and O–H groups in total. The first-order chi connectivity index (χ1) is 21.2. The predicted octanol–water partition coefficient (Wildman–Crippen LogP) is 6.45. The lowest BCUT2D eigenvalue weighted by molar-refractivity contribution is -0.141. The van der Waals surface area contributed by atoms with Gasteiger partial charge in [-0.15, -0.1) is 0 Å². The molecule has 0 saturated heterocycles. The third-order valence-corrected chi connectivity index (χ3v) is 9.59. The van der Waals surface area contributed by atoms with Crippen molar-refractivity contribution in [3.63, 3.8) is 0 Å². The highest BCUT2D eigenvalue weighted by molar-refractivity contribution is 7.89. The molecule has 7 nitrogen and oxygen atoms in total. The summed E-state index contributed by atoms with van der Waals surface area (Å²) in [7, 11) is -3.56. The molecule has 0 aliphatic heterocycles. The normalized spacial score (nSPS) is 13.7. The summed E-state index contributed by atoms with van der Waals surface area (Å²) in [6.07, 6.45) is 2.19. The van der Waals surface area contributed by atoms with Gasteiger partial charge in [0.25, 0.3) is 0 Å². The van der Waals surface area contributed by atoms with E-state index in [1.807, 2.05) is 60.7 Å². The van der Waals surface area contributed by atoms with Gasteiger partial charge in [-0.1, -0.05) is 96.0 Å². The molecular weight excluding hydrogens is 617 g/mol. The van der Waals surface area contributed by atoms with E-state index in [1.54, 1.807) is 47.4 Å². The third-order valence-electron chi connectivity index (χ3n) is 7.43. The van der Waals surface area contributed by atoms with Crippen LogP contribution in [0, 0.1) is 0 Å². The average molecular weight is 651 g/mol. The Labute approximate surface area is 268 Å². The van der Waals surface area contributed by atoms with Crippen molar-refractivity contribution < 1.29 is 18.0 Å². The van der Waals surface area contributed by atoms with E-state index in [0.29, 0.717) is 22.0 Å². The van der Waals surface area contributed by atoms with Gasteiger partial charge in [-0.25, -0.2) is 13.1 Å². The number of aryl methyl sites for hydroxylation is 1. The van der Waals surface area contributed by atoms with Gasteiger partial charge >= 0.3 is 0 Å². The first-order valence-corrected chi connectivity index (χ1v) is 16.6. The van der Waals surface area contributed by atoms with Crippen molar-refractivity contribution in [2.75, 3.05) is 0 Å². The summed E-state index contributed by atoms with van der Waals surface area (Å²) in [5, 5.41) is 4.09. The van der Waals surface area contributed by atoms with Crippen molar-refractivity contribution >= 4 is 45.0 Å². The van der Waals surface area contributed by atoms with Crippen LogP contribution >= 0.6 is 23.2 Å². The maximum atomic E-state index is 14.0. The zero-order valence-electron chi connectivity index (χ0n) is 24.0. The van der Waals surface area contributed by atoms with E-state index >= 15 is 0 Å². The van der Waals surface area contributed by atoms with Gasteiger partial charge in [0.05, 0.1) is 4.90 Å². The molecule has 228 valence electrons. The molecule has 1 fully saturated rings. The first kappa shape index (κ1) is 31.7. The summed E-state index contributed by atoms with van der Waals surface area (Å²) < 4.78 is 27.8. The highest BCUT2D eigenvalue weighted by Gasteiger charge is 2.32. The second kappa shape index (κ2) is 14.4. The molecule has 0 unspecified atom stereocenters. The van der Waals surface area contributed by atoms with E-state index in [9.17, 15) is 18.0 Å². The van der Waals surface area contributed by atoms with Gasteiger partial charge in [0.2, 0.25) is 21.8 Å². The number of sulfonamides is 1. The molecule has 0 radical (unpaired) electrons. The number of carbonyl (C=O) groups is 2. The van der Waals surface area contributed by atoms with Gasteiger partial charge in [0.15, 0.2) is 0 Å². The molecule has 1 aliphatic carbocycles. The fourth-order valence-electron chi connectivity index (χ4n) is 4.86. The summed E-state index contributed by atoms with van der Waals surface area (Å²) >= 11 is 12.5. The molecule has 4 aromatic carbocycles. The Hall–Kier alpha value is -3.69. The Morgan fingerprint density at radius 3 is 2.11 bits per heavy atom. The zero-order chi connectivity index (χ0) is 31.1. The van der Waals surface area contributed by atoms with Gasteiger partial charge in [-0.2, -0.15) is 0 Å². The van der Waals surface area contributed by atoms with Crippen LogP contribution < -0.4 is 10.0 Å². The second-order valence-electron chi connectivity index (χ2n) is 10.8. The lowest BCUT2D eigenvalue weighted by Crippen LogP contribution is -2.43. The monoisotopic (exact) mass is 649 g/mol. The van der Waals surface area contributed by atoms with Crippen LogP contribution in [0.2, 0.25) is 10.0 Å². The minimum Gasteiger partial charge on any atom is -0.350 e. The molecule has 4 aromatic rings. The van der Waals surface area contributed by atoms with Gasteiger partial charge in [-0.3, -0.25) is 9.59 Å². The molecule has 0 heterocycles. The molecule has 0 aromatic heterocycles. The van der Waals surface area contributed by atoms with E-state index in [2.05, 4.69) is 10.0 Å².